The third kappa shape index (κ3) is 1.33. The summed E-state index contributed by atoms with van der Waals surface area (Å²) in [6.45, 7) is 0. The molecule has 1 aromatic heterocycles. The van der Waals surface area contributed by atoms with Crippen LogP contribution in [0.25, 0.3) is 0 Å². The van der Waals surface area contributed by atoms with Gasteiger partial charge in [-0.1, -0.05) is 0 Å². The monoisotopic (exact) mass is 174 g/mol. The molecule has 1 aromatic rings. The molecule has 64 valence electrons. The van der Waals surface area contributed by atoms with Crippen LogP contribution in [0.5, 0.6) is 0 Å². The predicted octanol–water partition coefficient (Wildman–Crippen LogP) is -0.378. The van der Waals surface area contributed by atoms with Gasteiger partial charge in [-0.2, -0.15) is 4.98 Å². The van der Waals surface area contributed by atoms with Gasteiger partial charge in [0.05, 0.1) is 0 Å². The van der Waals surface area contributed by atoms with Crippen LogP contribution >= 0.6 is 0 Å². The van der Waals surface area contributed by atoms with Gasteiger partial charge in [-0.05, 0) is 5.16 Å². The van der Waals surface area contributed by atoms with Crippen LogP contribution < -0.4 is 0 Å². The van der Waals surface area contributed by atoms with E-state index in [1.54, 1.807) is 0 Å². The van der Waals surface area contributed by atoms with E-state index in [9.17, 15) is 20.2 Å². The Morgan fingerprint density at radius 2 is 2.00 bits per heavy atom. The van der Waals surface area contributed by atoms with Gasteiger partial charge in [0.25, 0.3) is 0 Å². The van der Waals surface area contributed by atoms with Crippen LogP contribution in [-0.2, 0) is 0 Å². The maximum absolute atomic E-state index is 10.1. The second kappa shape index (κ2) is 2.90. The fourth-order valence-electron chi connectivity index (χ4n) is 0.558. The quantitative estimate of drug-likeness (QED) is 0.347. The highest BCUT2D eigenvalue weighted by atomic mass is 16.7. The molecule has 0 unspecified atom stereocenters. The molecule has 0 amide bonds. The van der Waals surface area contributed by atoms with E-state index in [1.165, 1.54) is 0 Å². The molecule has 0 saturated heterocycles. The minimum Gasteiger partial charge on any atom is -0.342 e. The molecule has 0 bridgehead atoms. The van der Waals surface area contributed by atoms with Crippen molar-refractivity contribution in [1.82, 2.24) is 10.1 Å². The predicted molar refractivity (Wildman–Crippen MR) is 31.0 cm³/mol. The van der Waals surface area contributed by atoms with Gasteiger partial charge in [0.2, 0.25) is 6.39 Å². The van der Waals surface area contributed by atoms with Crippen molar-refractivity contribution in [1.29, 1.82) is 0 Å². The third-order valence-corrected chi connectivity index (χ3v) is 1.01. The molecule has 0 aliphatic rings. The number of hydrogen-bond donors (Lipinski definition) is 0. The molecule has 12 heavy (non-hydrogen) atoms. The molecule has 0 saturated carbocycles. The van der Waals surface area contributed by atoms with Gasteiger partial charge in [-0.3, -0.25) is 20.2 Å². The third-order valence-electron chi connectivity index (χ3n) is 1.01. The van der Waals surface area contributed by atoms with E-state index in [2.05, 4.69) is 14.7 Å². The zero-order valence-corrected chi connectivity index (χ0v) is 5.48. The molecule has 0 radical (unpaired) electrons. The Hall–Kier alpha value is -2.06. The van der Waals surface area contributed by atoms with Gasteiger partial charge in [-0.15, -0.1) is 0 Å². The average Bonchev–Trinajstić information content (AvgIpc) is 2.37. The summed E-state index contributed by atoms with van der Waals surface area (Å²) in [6.07, 6.45) is -1.36. The van der Waals surface area contributed by atoms with Crippen molar-refractivity contribution in [3.8, 4) is 0 Å². The first kappa shape index (κ1) is 8.04. The van der Waals surface area contributed by atoms with Gasteiger partial charge in [-0.25, -0.2) is 0 Å². The standard InChI is InChI=1S/C3H2N4O5/c8-6(9)3(7(10)11)2-4-1-12-5-2/h1,3H. The van der Waals surface area contributed by atoms with Crippen LogP contribution in [0, 0.1) is 20.2 Å². The molecule has 0 spiro atoms. The molecule has 0 aliphatic carbocycles. The van der Waals surface area contributed by atoms with E-state index in [1.807, 2.05) is 0 Å². The maximum atomic E-state index is 10.1. The van der Waals surface area contributed by atoms with Crippen LogP contribution in [0.3, 0.4) is 0 Å². The molecule has 0 aromatic carbocycles. The molecule has 9 heteroatoms. The maximum Gasteiger partial charge on any atom is 0.512 e. The van der Waals surface area contributed by atoms with Gasteiger partial charge in [0.1, 0.15) is 9.85 Å². The zero-order chi connectivity index (χ0) is 9.14. The molecular formula is C3H2N4O5. The van der Waals surface area contributed by atoms with Crippen LogP contribution in [-0.4, -0.2) is 20.0 Å². The molecule has 1 rings (SSSR count). The second-order valence-corrected chi connectivity index (χ2v) is 1.73. The van der Waals surface area contributed by atoms with Crippen molar-refractivity contribution >= 4 is 0 Å². The Labute approximate surface area is 64.3 Å². The lowest BCUT2D eigenvalue weighted by atomic mass is 10.5. The summed E-state index contributed by atoms with van der Waals surface area (Å²) < 4.78 is 4.13. The first-order valence-corrected chi connectivity index (χ1v) is 2.66. The Balaban J connectivity index is 2.96. The summed E-state index contributed by atoms with van der Waals surface area (Å²) in [4.78, 5) is 21.1. The highest BCUT2D eigenvalue weighted by molar-refractivity contribution is 4.78. The summed E-state index contributed by atoms with van der Waals surface area (Å²) in [5.74, 6) is -0.565. The van der Waals surface area contributed by atoms with Crippen molar-refractivity contribution in [3.05, 3.63) is 32.4 Å². The Morgan fingerprint density at radius 1 is 1.42 bits per heavy atom. The summed E-state index contributed by atoms with van der Waals surface area (Å²) in [7, 11) is 0. The minimum absolute atomic E-state index is 0.565. The Kier molecular flexibility index (Phi) is 1.94. The molecule has 0 aliphatic heterocycles. The molecular weight excluding hydrogens is 172 g/mol. The van der Waals surface area contributed by atoms with Crippen molar-refractivity contribution in [2.45, 2.75) is 6.17 Å². The lowest BCUT2D eigenvalue weighted by molar-refractivity contribution is -0.754. The number of aromatic nitrogens is 2. The zero-order valence-electron chi connectivity index (χ0n) is 5.48. The van der Waals surface area contributed by atoms with E-state index in [0.29, 0.717) is 0 Å². The second-order valence-electron chi connectivity index (χ2n) is 1.73. The molecule has 9 nitrogen and oxygen atoms in total. The van der Waals surface area contributed by atoms with E-state index in [4.69, 9.17) is 0 Å². The first-order valence-electron chi connectivity index (χ1n) is 2.66. The van der Waals surface area contributed by atoms with Crippen molar-refractivity contribution < 1.29 is 14.4 Å². The van der Waals surface area contributed by atoms with E-state index < -0.39 is 21.8 Å². The van der Waals surface area contributed by atoms with E-state index in [-0.39, 0.29) is 0 Å². The molecule has 0 fully saturated rings. The van der Waals surface area contributed by atoms with Gasteiger partial charge in [0.15, 0.2) is 0 Å². The number of hydrogen-bond acceptors (Lipinski definition) is 7. The minimum atomic E-state index is -2.15. The largest absolute Gasteiger partial charge is 0.512 e. The smallest absolute Gasteiger partial charge is 0.342 e. The Bertz CT molecular complexity index is 280. The van der Waals surface area contributed by atoms with Crippen molar-refractivity contribution in [2.75, 3.05) is 0 Å². The summed E-state index contributed by atoms with van der Waals surface area (Å²) >= 11 is 0. The number of nitro groups is 2. The van der Waals surface area contributed by atoms with E-state index in [0.717, 1.165) is 6.39 Å². The number of rotatable bonds is 3. The highest BCUT2D eigenvalue weighted by Crippen LogP contribution is 2.10. The summed E-state index contributed by atoms with van der Waals surface area (Å²) in [5, 5.41) is 23.2. The van der Waals surface area contributed by atoms with Crippen LogP contribution in [0.2, 0.25) is 0 Å². The Morgan fingerprint density at radius 3 is 2.33 bits per heavy atom. The van der Waals surface area contributed by atoms with Crippen LogP contribution in [0.1, 0.15) is 12.0 Å². The van der Waals surface area contributed by atoms with Crippen molar-refractivity contribution in [3.63, 3.8) is 0 Å². The topological polar surface area (TPSA) is 125 Å². The van der Waals surface area contributed by atoms with E-state index >= 15 is 0 Å². The van der Waals surface area contributed by atoms with Crippen LogP contribution in [0.4, 0.5) is 0 Å². The van der Waals surface area contributed by atoms with Gasteiger partial charge >= 0.3 is 12.0 Å². The molecule has 0 N–H and O–H groups in total. The number of nitrogens with zero attached hydrogens (tertiary/aromatic N) is 4. The fourth-order valence-corrected chi connectivity index (χ4v) is 0.558. The lowest BCUT2D eigenvalue weighted by Gasteiger charge is -1.94. The highest BCUT2D eigenvalue weighted by Gasteiger charge is 2.39. The molecule has 1 heterocycles. The van der Waals surface area contributed by atoms with Crippen molar-refractivity contribution in [2.24, 2.45) is 0 Å². The first-order chi connectivity index (χ1) is 5.63. The summed E-state index contributed by atoms with van der Waals surface area (Å²) in [6, 6.07) is 0. The normalized spacial score (nSPS) is 10.1. The summed E-state index contributed by atoms with van der Waals surface area (Å²) in [5.41, 5.74) is 0. The van der Waals surface area contributed by atoms with Gasteiger partial charge < -0.3 is 4.52 Å². The van der Waals surface area contributed by atoms with Crippen LogP contribution in [0.15, 0.2) is 10.9 Å². The fraction of sp³-hybridized carbons (Fsp3) is 0.333. The lowest BCUT2D eigenvalue weighted by Crippen LogP contribution is -2.20. The molecule has 0 atom stereocenters. The SMILES string of the molecule is O=[N+]([O-])C(c1ncon1)[N+](=O)[O-]. The van der Waals surface area contributed by atoms with Gasteiger partial charge in [0, 0.05) is 0 Å². The average molecular weight is 174 g/mol.